The van der Waals surface area contributed by atoms with Crippen LogP contribution in [0.15, 0.2) is 18.3 Å². The number of ether oxygens (including phenoxy) is 1. The normalized spacial score (nSPS) is 16.3. The van der Waals surface area contributed by atoms with Crippen molar-refractivity contribution in [2.24, 2.45) is 5.73 Å². The lowest BCUT2D eigenvalue weighted by Crippen LogP contribution is -2.37. The number of hydrogen-bond acceptors (Lipinski definition) is 5. The molecule has 2 rings (SSSR count). The number of nitriles is 1. The first-order valence-electron chi connectivity index (χ1n) is 6.76. The fourth-order valence-corrected chi connectivity index (χ4v) is 2.29. The van der Waals surface area contributed by atoms with Gasteiger partial charge < -0.3 is 15.4 Å². The summed E-state index contributed by atoms with van der Waals surface area (Å²) in [6.07, 6.45) is 5.01. The minimum Gasteiger partial charge on any atom is -0.378 e. The second-order valence-electron chi connectivity index (χ2n) is 4.71. The third kappa shape index (κ3) is 3.91. The van der Waals surface area contributed by atoms with Crippen LogP contribution >= 0.6 is 0 Å². The summed E-state index contributed by atoms with van der Waals surface area (Å²) in [7, 11) is 0. The van der Waals surface area contributed by atoms with E-state index < -0.39 is 0 Å². The highest BCUT2D eigenvalue weighted by atomic mass is 16.5. The van der Waals surface area contributed by atoms with Crippen LogP contribution in [0.25, 0.3) is 0 Å². The maximum atomic E-state index is 8.86. The molecule has 0 radical (unpaired) electrons. The Balaban J connectivity index is 1.84. The van der Waals surface area contributed by atoms with E-state index in [4.69, 9.17) is 15.7 Å². The molecule has 0 spiro atoms. The number of hydrogen-bond donors (Lipinski definition) is 1. The highest BCUT2D eigenvalue weighted by molar-refractivity contribution is 5.49. The number of anilines is 1. The molecule has 0 unspecified atom stereocenters. The van der Waals surface area contributed by atoms with Crippen molar-refractivity contribution in [2.45, 2.75) is 25.4 Å². The number of nitrogens with zero attached hydrogens (tertiary/aromatic N) is 3. The quantitative estimate of drug-likeness (QED) is 0.807. The molecule has 0 aliphatic carbocycles. The van der Waals surface area contributed by atoms with Gasteiger partial charge in [0.05, 0.1) is 6.10 Å². The summed E-state index contributed by atoms with van der Waals surface area (Å²) >= 11 is 0. The first-order valence-corrected chi connectivity index (χ1v) is 6.76. The predicted octanol–water partition coefficient (Wildman–Crippen LogP) is 1.29. The average molecular weight is 260 g/mol. The summed E-state index contributed by atoms with van der Waals surface area (Å²) in [6, 6.07) is 5.87. The zero-order valence-electron chi connectivity index (χ0n) is 11.1. The highest BCUT2D eigenvalue weighted by Gasteiger charge is 2.19. The molecule has 2 heterocycles. The minimum absolute atomic E-state index is 0.347. The first-order chi connectivity index (χ1) is 9.33. The molecular weight excluding hydrogens is 240 g/mol. The smallest absolute Gasteiger partial charge is 0.142 e. The van der Waals surface area contributed by atoms with Crippen LogP contribution in [-0.2, 0) is 4.74 Å². The molecule has 1 aromatic rings. The molecule has 5 nitrogen and oxygen atoms in total. The fourth-order valence-electron chi connectivity index (χ4n) is 2.29. The van der Waals surface area contributed by atoms with Gasteiger partial charge in [-0.25, -0.2) is 4.98 Å². The molecule has 2 N–H and O–H groups in total. The van der Waals surface area contributed by atoms with Gasteiger partial charge in [0.15, 0.2) is 0 Å². The summed E-state index contributed by atoms with van der Waals surface area (Å²) in [5.41, 5.74) is 7.00. The van der Waals surface area contributed by atoms with Gasteiger partial charge in [0.25, 0.3) is 0 Å². The van der Waals surface area contributed by atoms with Crippen molar-refractivity contribution in [1.82, 2.24) is 4.98 Å². The van der Waals surface area contributed by atoms with E-state index in [2.05, 4.69) is 16.0 Å². The van der Waals surface area contributed by atoms with E-state index in [0.29, 0.717) is 18.3 Å². The number of pyridine rings is 1. The lowest BCUT2D eigenvalue weighted by atomic mass is 10.1. The van der Waals surface area contributed by atoms with Crippen LogP contribution in [0, 0.1) is 11.3 Å². The molecule has 1 aliphatic heterocycles. The third-order valence-corrected chi connectivity index (χ3v) is 3.37. The Hall–Kier alpha value is -1.64. The van der Waals surface area contributed by atoms with Gasteiger partial charge in [-0.15, -0.1) is 0 Å². The number of piperidine rings is 1. The molecule has 102 valence electrons. The van der Waals surface area contributed by atoms with Gasteiger partial charge in [0.2, 0.25) is 0 Å². The van der Waals surface area contributed by atoms with Crippen molar-refractivity contribution in [3.63, 3.8) is 0 Å². The van der Waals surface area contributed by atoms with Gasteiger partial charge in [-0.05, 0) is 37.9 Å². The Kier molecular flexibility index (Phi) is 5.13. The molecule has 0 atom stereocenters. The Morgan fingerprint density at radius 2 is 2.26 bits per heavy atom. The molecule has 1 fully saturated rings. The second kappa shape index (κ2) is 7.07. The molecule has 19 heavy (non-hydrogen) atoms. The molecule has 0 aromatic carbocycles. The predicted molar refractivity (Wildman–Crippen MR) is 73.8 cm³/mol. The minimum atomic E-state index is 0.347. The number of rotatable bonds is 5. The van der Waals surface area contributed by atoms with Crippen LogP contribution in [0.2, 0.25) is 0 Å². The monoisotopic (exact) mass is 260 g/mol. The van der Waals surface area contributed by atoms with Crippen LogP contribution in [0.1, 0.15) is 25.0 Å². The van der Waals surface area contributed by atoms with Crippen LogP contribution in [0.5, 0.6) is 0 Å². The molecule has 0 amide bonds. The Morgan fingerprint density at radius 3 is 2.95 bits per heavy atom. The van der Waals surface area contributed by atoms with Gasteiger partial charge in [0, 0.05) is 31.6 Å². The maximum Gasteiger partial charge on any atom is 0.142 e. The Morgan fingerprint density at radius 1 is 1.47 bits per heavy atom. The van der Waals surface area contributed by atoms with Crippen LogP contribution in [0.3, 0.4) is 0 Å². The molecule has 0 saturated carbocycles. The van der Waals surface area contributed by atoms with Crippen molar-refractivity contribution in [2.75, 3.05) is 31.1 Å². The summed E-state index contributed by atoms with van der Waals surface area (Å²) in [5, 5.41) is 8.86. The van der Waals surface area contributed by atoms with Gasteiger partial charge in [-0.1, -0.05) is 0 Å². The Bertz CT molecular complexity index is 435. The zero-order chi connectivity index (χ0) is 13.5. The van der Waals surface area contributed by atoms with E-state index in [0.717, 1.165) is 44.6 Å². The van der Waals surface area contributed by atoms with E-state index in [9.17, 15) is 0 Å². The van der Waals surface area contributed by atoms with Gasteiger partial charge in [-0.3, -0.25) is 0 Å². The SMILES string of the molecule is N#Cc1cc(N2CCC(OCCCN)CC2)ccn1. The standard InChI is InChI=1S/C14H20N4O/c15-5-1-9-19-14-3-7-18(8-4-14)13-2-6-17-12(10-13)11-16/h2,6,10,14H,1,3-5,7-9,15H2. The van der Waals surface area contributed by atoms with Crippen LogP contribution in [0.4, 0.5) is 5.69 Å². The van der Waals surface area contributed by atoms with Crippen LogP contribution < -0.4 is 10.6 Å². The summed E-state index contributed by atoms with van der Waals surface area (Å²) < 4.78 is 5.78. The van der Waals surface area contributed by atoms with E-state index in [1.807, 2.05) is 12.1 Å². The summed E-state index contributed by atoms with van der Waals surface area (Å²) in [4.78, 5) is 6.28. The number of nitrogens with two attached hydrogens (primary N) is 1. The molecule has 0 bridgehead atoms. The molecule has 1 aromatic heterocycles. The Labute approximate surface area is 114 Å². The topological polar surface area (TPSA) is 75.2 Å². The van der Waals surface area contributed by atoms with Gasteiger partial charge in [-0.2, -0.15) is 5.26 Å². The van der Waals surface area contributed by atoms with Crippen molar-refractivity contribution in [3.8, 4) is 6.07 Å². The first kappa shape index (κ1) is 13.8. The van der Waals surface area contributed by atoms with Gasteiger partial charge in [0.1, 0.15) is 11.8 Å². The van der Waals surface area contributed by atoms with E-state index in [-0.39, 0.29) is 0 Å². The molecule has 5 heteroatoms. The van der Waals surface area contributed by atoms with Crippen LogP contribution in [-0.4, -0.2) is 37.3 Å². The van der Waals surface area contributed by atoms with E-state index in [1.54, 1.807) is 6.20 Å². The van der Waals surface area contributed by atoms with Crippen molar-refractivity contribution >= 4 is 5.69 Å². The van der Waals surface area contributed by atoms with Crippen molar-refractivity contribution in [3.05, 3.63) is 24.0 Å². The number of aromatic nitrogens is 1. The largest absolute Gasteiger partial charge is 0.378 e. The molecule has 1 saturated heterocycles. The van der Waals surface area contributed by atoms with E-state index >= 15 is 0 Å². The maximum absolute atomic E-state index is 8.86. The van der Waals surface area contributed by atoms with Crippen molar-refractivity contribution in [1.29, 1.82) is 5.26 Å². The highest BCUT2D eigenvalue weighted by Crippen LogP contribution is 2.21. The van der Waals surface area contributed by atoms with Crippen molar-refractivity contribution < 1.29 is 4.74 Å². The lowest BCUT2D eigenvalue weighted by molar-refractivity contribution is 0.0366. The fraction of sp³-hybridized carbons (Fsp3) is 0.571. The second-order valence-corrected chi connectivity index (χ2v) is 4.71. The average Bonchev–Trinajstić information content (AvgIpc) is 2.48. The summed E-state index contributed by atoms with van der Waals surface area (Å²) in [6.45, 7) is 3.37. The zero-order valence-corrected chi connectivity index (χ0v) is 11.1. The van der Waals surface area contributed by atoms with Gasteiger partial charge >= 0.3 is 0 Å². The lowest BCUT2D eigenvalue weighted by Gasteiger charge is -2.33. The summed E-state index contributed by atoms with van der Waals surface area (Å²) in [5.74, 6) is 0. The molecule has 1 aliphatic rings. The van der Waals surface area contributed by atoms with E-state index in [1.165, 1.54) is 0 Å². The molecular formula is C14H20N4O. The third-order valence-electron chi connectivity index (χ3n) is 3.37.